The number of hydrogen-bond donors (Lipinski definition) is 0. The molecule has 0 atom stereocenters. The molecule has 0 saturated heterocycles. The van der Waals surface area contributed by atoms with Gasteiger partial charge >= 0.3 is 8.80 Å². The second-order valence-electron chi connectivity index (χ2n) is 10.9. The van der Waals surface area contributed by atoms with E-state index in [1.807, 2.05) is 0 Å². The normalized spacial score (nSPS) is 12.0. The summed E-state index contributed by atoms with van der Waals surface area (Å²) in [6, 6.07) is 0.939. The molecule has 36 heavy (non-hydrogen) atoms. The van der Waals surface area contributed by atoms with Gasteiger partial charge in [0.15, 0.2) is 0 Å². The molecule has 3 nitrogen and oxygen atoms in total. The molecular weight excluding hydrogens is 528 g/mol. The van der Waals surface area contributed by atoms with Crippen molar-refractivity contribution in [3.05, 3.63) is 0 Å². The largest absolute Gasteiger partial charge is 0.500 e. The number of rotatable bonds is 31. The zero-order chi connectivity index (χ0) is 26.4. The van der Waals surface area contributed by atoms with E-state index in [4.69, 9.17) is 13.3 Å². The summed E-state index contributed by atoms with van der Waals surface area (Å²) in [5.41, 5.74) is 0. The minimum Gasteiger partial charge on any atom is -0.377 e. The standard InChI is InChI=1S/C31H65BrO3Si/c1-33-36(34-2,35-3)31-29-27-25-23-21-19-17-15-13-11-9-7-5-4-6-8-10-12-14-16-18-20-22-24-26-28-30-32/h4-31H2,1-3H3. The molecule has 0 saturated carbocycles. The molecule has 0 aliphatic heterocycles. The highest BCUT2D eigenvalue weighted by Gasteiger charge is 2.36. The zero-order valence-electron chi connectivity index (χ0n) is 24.9. The summed E-state index contributed by atoms with van der Waals surface area (Å²) in [4.78, 5) is 0. The number of unbranched alkanes of at least 4 members (excludes halogenated alkanes) is 25. The SMILES string of the molecule is CO[Si](CCCCCCCCCCCCCCCCCCCCCCCCCCCCBr)(OC)OC. The van der Waals surface area contributed by atoms with E-state index in [2.05, 4.69) is 15.9 Å². The van der Waals surface area contributed by atoms with E-state index in [1.54, 1.807) is 21.3 Å². The Hall–Kier alpha value is 0.577. The van der Waals surface area contributed by atoms with E-state index in [-0.39, 0.29) is 0 Å². The lowest BCUT2D eigenvalue weighted by Crippen LogP contribution is -2.42. The molecule has 0 spiro atoms. The van der Waals surface area contributed by atoms with Gasteiger partial charge in [0, 0.05) is 32.7 Å². The van der Waals surface area contributed by atoms with Crippen molar-refractivity contribution in [2.45, 2.75) is 173 Å². The van der Waals surface area contributed by atoms with Crippen LogP contribution in [0.15, 0.2) is 0 Å². The second kappa shape index (κ2) is 30.1. The topological polar surface area (TPSA) is 27.7 Å². The Kier molecular flexibility index (Phi) is 30.6. The predicted octanol–water partition coefficient (Wildman–Crippen LogP) is 11.4. The molecule has 5 heteroatoms. The van der Waals surface area contributed by atoms with Crippen molar-refractivity contribution in [1.29, 1.82) is 0 Å². The van der Waals surface area contributed by atoms with Crippen LogP contribution in [-0.4, -0.2) is 35.5 Å². The molecule has 0 bridgehead atoms. The number of hydrogen-bond acceptors (Lipinski definition) is 3. The summed E-state index contributed by atoms with van der Waals surface area (Å²) in [6.07, 6.45) is 37.1. The van der Waals surface area contributed by atoms with Gasteiger partial charge in [0.2, 0.25) is 0 Å². The van der Waals surface area contributed by atoms with E-state index in [1.165, 1.54) is 166 Å². The molecule has 0 heterocycles. The van der Waals surface area contributed by atoms with E-state index < -0.39 is 8.80 Å². The zero-order valence-corrected chi connectivity index (χ0v) is 27.5. The second-order valence-corrected chi connectivity index (χ2v) is 14.8. The van der Waals surface area contributed by atoms with E-state index >= 15 is 0 Å². The van der Waals surface area contributed by atoms with Crippen LogP contribution in [0.25, 0.3) is 0 Å². The molecular formula is C31H65BrO3Si. The summed E-state index contributed by atoms with van der Waals surface area (Å²) in [5.74, 6) is 0. The Morgan fingerprint density at radius 1 is 0.333 bits per heavy atom. The van der Waals surface area contributed by atoms with Gasteiger partial charge in [-0.3, -0.25) is 0 Å². The third kappa shape index (κ3) is 24.9. The van der Waals surface area contributed by atoms with Gasteiger partial charge in [-0.2, -0.15) is 0 Å². The van der Waals surface area contributed by atoms with Crippen LogP contribution >= 0.6 is 15.9 Å². The third-order valence-corrected chi connectivity index (χ3v) is 11.2. The average molecular weight is 594 g/mol. The van der Waals surface area contributed by atoms with Crippen LogP contribution in [0.2, 0.25) is 6.04 Å². The van der Waals surface area contributed by atoms with Crippen molar-refractivity contribution < 1.29 is 13.3 Å². The fourth-order valence-electron chi connectivity index (χ4n) is 5.23. The highest BCUT2D eigenvalue weighted by molar-refractivity contribution is 9.09. The Labute approximate surface area is 237 Å². The minimum atomic E-state index is -2.34. The van der Waals surface area contributed by atoms with E-state index in [9.17, 15) is 0 Å². The lowest BCUT2D eigenvalue weighted by Gasteiger charge is -2.24. The molecule has 0 radical (unpaired) electrons. The van der Waals surface area contributed by atoms with Gasteiger partial charge in [-0.15, -0.1) is 0 Å². The van der Waals surface area contributed by atoms with Crippen molar-refractivity contribution >= 4 is 24.7 Å². The lowest BCUT2D eigenvalue weighted by atomic mass is 10.0. The molecule has 0 rings (SSSR count). The van der Waals surface area contributed by atoms with Crippen molar-refractivity contribution in [2.24, 2.45) is 0 Å². The van der Waals surface area contributed by atoms with E-state index in [0.29, 0.717) is 0 Å². The summed E-state index contributed by atoms with van der Waals surface area (Å²) in [7, 11) is 2.78. The lowest BCUT2D eigenvalue weighted by molar-refractivity contribution is 0.122. The predicted molar refractivity (Wildman–Crippen MR) is 165 cm³/mol. The molecule has 0 amide bonds. The monoisotopic (exact) mass is 592 g/mol. The Bertz CT molecular complexity index is 399. The van der Waals surface area contributed by atoms with Crippen LogP contribution in [0.5, 0.6) is 0 Å². The molecule has 0 aromatic heterocycles. The van der Waals surface area contributed by atoms with Gasteiger partial charge < -0.3 is 13.3 Å². The quantitative estimate of drug-likeness (QED) is 0.0455. The fourth-order valence-corrected chi connectivity index (χ4v) is 7.43. The number of halogens is 1. The van der Waals surface area contributed by atoms with Gasteiger partial charge in [0.05, 0.1) is 0 Å². The van der Waals surface area contributed by atoms with Gasteiger partial charge in [-0.1, -0.05) is 170 Å². The van der Waals surface area contributed by atoms with Gasteiger partial charge in [0.1, 0.15) is 0 Å². The summed E-state index contributed by atoms with van der Waals surface area (Å²) in [5, 5.41) is 1.18. The summed E-state index contributed by atoms with van der Waals surface area (Å²) < 4.78 is 16.5. The Morgan fingerprint density at radius 3 is 0.722 bits per heavy atom. The first-order valence-electron chi connectivity index (χ1n) is 16.0. The summed E-state index contributed by atoms with van der Waals surface area (Å²) >= 11 is 3.52. The highest BCUT2D eigenvalue weighted by Crippen LogP contribution is 2.19. The van der Waals surface area contributed by atoms with Crippen LogP contribution in [0, 0.1) is 0 Å². The maximum absolute atomic E-state index is 5.49. The fraction of sp³-hybridized carbons (Fsp3) is 1.00. The molecule has 0 aliphatic rings. The maximum atomic E-state index is 5.49. The van der Waals surface area contributed by atoms with Crippen molar-refractivity contribution in [3.63, 3.8) is 0 Å². The number of alkyl halides is 1. The van der Waals surface area contributed by atoms with Gasteiger partial charge in [-0.25, -0.2) is 0 Å². The van der Waals surface area contributed by atoms with Crippen LogP contribution < -0.4 is 0 Å². The summed E-state index contributed by atoms with van der Waals surface area (Å²) in [6.45, 7) is 0. The molecule has 0 unspecified atom stereocenters. The van der Waals surface area contributed by atoms with Gasteiger partial charge in [-0.05, 0) is 12.8 Å². The van der Waals surface area contributed by atoms with Crippen molar-refractivity contribution in [3.8, 4) is 0 Å². The Morgan fingerprint density at radius 2 is 0.528 bits per heavy atom. The van der Waals surface area contributed by atoms with Crippen LogP contribution in [0.1, 0.15) is 167 Å². The molecule has 0 aliphatic carbocycles. The maximum Gasteiger partial charge on any atom is 0.500 e. The molecule has 0 N–H and O–H groups in total. The highest BCUT2D eigenvalue weighted by atomic mass is 79.9. The first kappa shape index (κ1) is 36.6. The minimum absolute atomic E-state index is 0.939. The molecule has 0 aromatic carbocycles. The van der Waals surface area contributed by atoms with Crippen LogP contribution in [-0.2, 0) is 13.3 Å². The van der Waals surface area contributed by atoms with Crippen LogP contribution in [0.4, 0.5) is 0 Å². The van der Waals surface area contributed by atoms with Crippen molar-refractivity contribution in [1.82, 2.24) is 0 Å². The smallest absolute Gasteiger partial charge is 0.377 e. The molecule has 218 valence electrons. The molecule has 0 fully saturated rings. The molecule has 0 aromatic rings. The van der Waals surface area contributed by atoms with Crippen LogP contribution in [0.3, 0.4) is 0 Å². The van der Waals surface area contributed by atoms with Gasteiger partial charge in [0.25, 0.3) is 0 Å². The first-order chi connectivity index (χ1) is 17.7. The Balaban J connectivity index is 3.13. The third-order valence-electron chi connectivity index (χ3n) is 7.80. The van der Waals surface area contributed by atoms with E-state index in [0.717, 1.165) is 12.5 Å². The average Bonchev–Trinajstić information content (AvgIpc) is 2.91. The van der Waals surface area contributed by atoms with Crippen molar-refractivity contribution in [2.75, 3.05) is 26.7 Å². The first-order valence-corrected chi connectivity index (χ1v) is 19.0.